The van der Waals surface area contributed by atoms with Crippen molar-refractivity contribution in [3.8, 4) is 0 Å². The highest BCUT2D eigenvalue weighted by molar-refractivity contribution is 7.89. The first-order valence-electron chi connectivity index (χ1n) is 5.70. The van der Waals surface area contributed by atoms with Gasteiger partial charge in [-0.05, 0) is 18.9 Å². The van der Waals surface area contributed by atoms with Crippen LogP contribution in [-0.2, 0) is 10.0 Å². The van der Waals surface area contributed by atoms with Gasteiger partial charge in [0.05, 0.1) is 5.75 Å². The maximum Gasteiger partial charge on any atom is 0.211 e. The molecular weight excluding hydrogens is 212 g/mol. The van der Waals surface area contributed by atoms with E-state index >= 15 is 0 Å². The summed E-state index contributed by atoms with van der Waals surface area (Å²) in [7, 11) is -3.06. The summed E-state index contributed by atoms with van der Waals surface area (Å²) in [6.45, 7) is 8.94. The molecule has 1 aliphatic rings. The molecule has 1 fully saturated rings. The summed E-state index contributed by atoms with van der Waals surface area (Å²) < 4.78 is 26.0. The lowest BCUT2D eigenvalue weighted by molar-refractivity contribution is 0.344. The molecule has 5 heteroatoms. The van der Waals surface area contributed by atoms with E-state index in [1.165, 1.54) is 0 Å². The van der Waals surface area contributed by atoms with Crippen LogP contribution < -0.4 is 4.72 Å². The maximum atomic E-state index is 11.6. The van der Waals surface area contributed by atoms with E-state index in [0.717, 1.165) is 19.6 Å². The van der Waals surface area contributed by atoms with Crippen molar-refractivity contribution in [1.29, 1.82) is 0 Å². The predicted octanol–water partition coefficient (Wildman–Crippen LogP) is 0.656. The molecule has 90 valence electrons. The van der Waals surface area contributed by atoms with Crippen LogP contribution in [0.3, 0.4) is 0 Å². The van der Waals surface area contributed by atoms with Gasteiger partial charge >= 0.3 is 0 Å². The fraction of sp³-hybridized carbons (Fsp3) is 1.00. The minimum atomic E-state index is -3.06. The summed E-state index contributed by atoms with van der Waals surface area (Å²) in [5.41, 5.74) is 0. The van der Waals surface area contributed by atoms with E-state index in [1.807, 2.05) is 6.92 Å². The van der Waals surface area contributed by atoms with Crippen molar-refractivity contribution in [2.24, 2.45) is 5.92 Å². The van der Waals surface area contributed by atoms with E-state index in [4.69, 9.17) is 0 Å². The lowest BCUT2D eigenvalue weighted by Crippen LogP contribution is -2.40. The number of nitrogens with one attached hydrogen (secondary N) is 1. The summed E-state index contributed by atoms with van der Waals surface area (Å²) in [6.07, 6.45) is 0.675. The molecule has 1 N–H and O–H groups in total. The second-order valence-electron chi connectivity index (χ2n) is 4.37. The lowest BCUT2D eigenvalue weighted by atomic mass is 10.1. The fourth-order valence-corrected chi connectivity index (χ4v) is 3.46. The number of nitrogens with zero attached hydrogens (tertiary/aromatic N) is 1. The molecule has 1 heterocycles. The van der Waals surface area contributed by atoms with Gasteiger partial charge in [0.15, 0.2) is 0 Å². The standard InChI is InChI=1S/C10H22N2O2S/c1-4-6-15(13,14)11-10-8-12(5-2)7-9(10)3/h9-11H,4-8H2,1-3H3/t9-,10+/m1/s1. The average Bonchev–Trinajstić information content (AvgIpc) is 2.46. The Labute approximate surface area is 93.1 Å². The fourth-order valence-electron chi connectivity index (χ4n) is 2.04. The molecular formula is C10H22N2O2S. The number of sulfonamides is 1. The van der Waals surface area contributed by atoms with Crippen molar-refractivity contribution in [1.82, 2.24) is 9.62 Å². The van der Waals surface area contributed by atoms with Crippen molar-refractivity contribution in [3.05, 3.63) is 0 Å². The highest BCUT2D eigenvalue weighted by Crippen LogP contribution is 2.16. The summed E-state index contributed by atoms with van der Waals surface area (Å²) >= 11 is 0. The van der Waals surface area contributed by atoms with Crippen molar-refractivity contribution in [3.63, 3.8) is 0 Å². The number of likely N-dealkylation sites (N-methyl/N-ethyl adjacent to an activating group) is 1. The summed E-state index contributed by atoms with van der Waals surface area (Å²) in [6, 6.07) is 0.0986. The Bertz CT molecular complexity index is 290. The highest BCUT2D eigenvalue weighted by Gasteiger charge is 2.31. The van der Waals surface area contributed by atoms with E-state index in [9.17, 15) is 8.42 Å². The largest absolute Gasteiger partial charge is 0.302 e. The van der Waals surface area contributed by atoms with Gasteiger partial charge in [-0.25, -0.2) is 13.1 Å². The Morgan fingerprint density at radius 1 is 1.33 bits per heavy atom. The minimum absolute atomic E-state index is 0.0986. The SMILES string of the molecule is CCCS(=O)(=O)N[C@H]1CN(CC)C[C@H]1C. The number of hydrogen-bond donors (Lipinski definition) is 1. The third kappa shape index (κ3) is 3.74. The smallest absolute Gasteiger partial charge is 0.211 e. The quantitative estimate of drug-likeness (QED) is 0.760. The Kier molecular flexibility index (Phi) is 4.55. The molecule has 0 aromatic heterocycles. The average molecular weight is 234 g/mol. The van der Waals surface area contributed by atoms with Crippen LogP contribution in [0.1, 0.15) is 27.2 Å². The van der Waals surface area contributed by atoms with Crippen molar-refractivity contribution in [2.45, 2.75) is 33.2 Å². The first-order chi connectivity index (χ1) is 6.98. The first-order valence-corrected chi connectivity index (χ1v) is 7.36. The zero-order valence-corrected chi connectivity index (χ0v) is 10.7. The van der Waals surface area contributed by atoms with Crippen molar-refractivity contribution < 1.29 is 8.42 Å². The molecule has 4 nitrogen and oxygen atoms in total. The molecule has 15 heavy (non-hydrogen) atoms. The van der Waals surface area contributed by atoms with Gasteiger partial charge in [-0.1, -0.05) is 20.8 Å². The molecule has 0 aromatic carbocycles. The third-order valence-electron chi connectivity index (χ3n) is 2.94. The van der Waals surface area contributed by atoms with E-state index in [2.05, 4.69) is 23.5 Å². The molecule has 0 aliphatic carbocycles. The van der Waals surface area contributed by atoms with E-state index < -0.39 is 10.0 Å². The minimum Gasteiger partial charge on any atom is -0.302 e. The molecule has 0 unspecified atom stereocenters. The zero-order chi connectivity index (χ0) is 11.5. The second kappa shape index (κ2) is 5.27. The third-order valence-corrected chi connectivity index (χ3v) is 4.55. The summed E-state index contributed by atoms with van der Waals surface area (Å²) in [5, 5.41) is 0. The normalized spacial score (nSPS) is 28.5. The predicted molar refractivity (Wildman–Crippen MR) is 62.3 cm³/mol. The van der Waals surface area contributed by atoms with Crippen LogP contribution in [0, 0.1) is 5.92 Å². The van der Waals surface area contributed by atoms with Gasteiger partial charge < -0.3 is 4.90 Å². The van der Waals surface area contributed by atoms with Crippen LogP contribution in [-0.4, -0.2) is 44.7 Å². The Morgan fingerprint density at radius 2 is 2.00 bits per heavy atom. The Morgan fingerprint density at radius 3 is 2.47 bits per heavy atom. The number of likely N-dealkylation sites (tertiary alicyclic amines) is 1. The number of hydrogen-bond acceptors (Lipinski definition) is 3. The van der Waals surface area contributed by atoms with E-state index in [-0.39, 0.29) is 11.8 Å². The molecule has 1 rings (SSSR count). The van der Waals surface area contributed by atoms with Crippen molar-refractivity contribution in [2.75, 3.05) is 25.4 Å². The van der Waals surface area contributed by atoms with E-state index in [1.54, 1.807) is 0 Å². The van der Waals surface area contributed by atoms with Crippen LogP contribution in [0.4, 0.5) is 0 Å². The van der Waals surface area contributed by atoms with Gasteiger partial charge in [0.25, 0.3) is 0 Å². The van der Waals surface area contributed by atoms with Crippen LogP contribution in [0.25, 0.3) is 0 Å². The van der Waals surface area contributed by atoms with Gasteiger partial charge in [-0.15, -0.1) is 0 Å². The topological polar surface area (TPSA) is 49.4 Å². The maximum absolute atomic E-state index is 11.6. The summed E-state index contributed by atoms with van der Waals surface area (Å²) in [4.78, 5) is 2.28. The molecule has 0 radical (unpaired) electrons. The van der Waals surface area contributed by atoms with E-state index in [0.29, 0.717) is 12.3 Å². The van der Waals surface area contributed by atoms with Gasteiger partial charge in [0.2, 0.25) is 10.0 Å². The monoisotopic (exact) mass is 234 g/mol. The molecule has 0 bridgehead atoms. The Hall–Kier alpha value is -0.130. The molecule has 0 aromatic rings. The second-order valence-corrected chi connectivity index (χ2v) is 6.25. The molecule has 1 saturated heterocycles. The number of rotatable bonds is 5. The molecule has 0 spiro atoms. The van der Waals surface area contributed by atoms with Gasteiger partial charge in [-0.3, -0.25) is 0 Å². The van der Waals surface area contributed by atoms with Crippen LogP contribution in [0.15, 0.2) is 0 Å². The van der Waals surface area contributed by atoms with Crippen LogP contribution in [0.5, 0.6) is 0 Å². The van der Waals surface area contributed by atoms with Crippen LogP contribution in [0.2, 0.25) is 0 Å². The molecule has 0 amide bonds. The zero-order valence-electron chi connectivity index (χ0n) is 9.86. The Balaban J connectivity index is 2.52. The lowest BCUT2D eigenvalue weighted by Gasteiger charge is -2.16. The van der Waals surface area contributed by atoms with Gasteiger partial charge in [-0.2, -0.15) is 0 Å². The summed E-state index contributed by atoms with van der Waals surface area (Å²) in [5.74, 6) is 0.652. The first kappa shape index (κ1) is 12.9. The molecule has 2 atom stereocenters. The van der Waals surface area contributed by atoms with Crippen LogP contribution >= 0.6 is 0 Å². The van der Waals surface area contributed by atoms with Gasteiger partial charge in [0, 0.05) is 19.1 Å². The molecule has 0 saturated carbocycles. The molecule has 1 aliphatic heterocycles. The van der Waals surface area contributed by atoms with Gasteiger partial charge in [0.1, 0.15) is 0 Å². The van der Waals surface area contributed by atoms with Crippen molar-refractivity contribution >= 4 is 10.0 Å². The highest BCUT2D eigenvalue weighted by atomic mass is 32.2.